The van der Waals surface area contributed by atoms with E-state index in [0.29, 0.717) is 23.6 Å². The van der Waals surface area contributed by atoms with E-state index in [1.807, 2.05) is 0 Å². The highest BCUT2D eigenvalue weighted by atomic mass is 16.5. The van der Waals surface area contributed by atoms with Gasteiger partial charge in [-0.05, 0) is 24.5 Å². The lowest BCUT2D eigenvalue weighted by Crippen LogP contribution is -2.15. The van der Waals surface area contributed by atoms with Crippen molar-refractivity contribution in [2.45, 2.75) is 38.5 Å². The Morgan fingerprint density at radius 2 is 1.95 bits per heavy atom. The highest BCUT2D eigenvalue weighted by molar-refractivity contribution is 6.01. The number of anilines is 1. The van der Waals surface area contributed by atoms with Crippen molar-refractivity contribution in [2.24, 2.45) is 5.92 Å². The summed E-state index contributed by atoms with van der Waals surface area (Å²) in [5.74, 6) is 0.224. The third-order valence-corrected chi connectivity index (χ3v) is 3.86. The molecule has 0 aliphatic heterocycles. The number of ether oxygens (including phenoxy) is 1. The summed E-state index contributed by atoms with van der Waals surface area (Å²) in [5, 5.41) is 2.81. The number of hydrogen-bond donors (Lipinski definition) is 1. The number of benzene rings is 1. The molecule has 108 valence electrons. The Morgan fingerprint density at radius 3 is 2.65 bits per heavy atom. The van der Waals surface area contributed by atoms with Gasteiger partial charge in [-0.15, -0.1) is 0 Å². The molecule has 1 N–H and O–H groups in total. The molecule has 1 aromatic rings. The van der Waals surface area contributed by atoms with Crippen LogP contribution in [-0.2, 0) is 9.53 Å². The first kappa shape index (κ1) is 14.6. The molecule has 4 heteroatoms. The van der Waals surface area contributed by atoms with Crippen LogP contribution in [0.2, 0.25) is 0 Å². The molecule has 0 unspecified atom stereocenters. The van der Waals surface area contributed by atoms with E-state index in [1.165, 1.54) is 32.8 Å². The molecule has 1 aliphatic rings. The largest absolute Gasteiger partial charge is 0.465 e. The van der Waals surface area contributed by atoms with Gasteiger partial charge in [-0.3, -0.25) is 4.79 Å². The number of carbonyl (C=O) groups excluding carboxylic acids is 2. The minimum Gasteiger partial charge on any atom is -0.465 e. The van der Waals surface area contributed by atoms with Crippen LogP contribution in [0.3, 0.4) is 0 Å². The van der Waals surface area contributed by atoms with Gasteiger partial charge in [0.2, 0.25) is 5.91 Å². The Labute approximate surface area is 119 Å². The van der Waals surface area contributed by atoms with E-state index in [2.05, 4.69) is 5.32 Å². The average Bonchev–Trinajstić information content (AvgIpc) is 2.98. The van der Waals surface area contributed by atoms with Crippen molar-refractivity contribution in [1.82, 2.24) is 0 Å². The molecule has 0 spiro atoms. The number of amides is 1. The number of hydrogen-bond acceptors (Lipinski definition) is 3. The van der Waals surface area contributed by atoms with Crippen LogP contribution in [0.1, 0.15) is 48.9 Å². The van der Waals surface area contributed by atoms with Gasteiger partial charge in [-0.2, -0.15) is 0 Å². The molecule has 1 fully saturated rings. The number of nitrogens with one attached hydrogen (secondary N) is 1. The summed E-state index contributed by atoms with van der Waals surface area (Å²) in [5.41, 5.74) is 0.917. The minimum atomic E-state index is -0.434. The average molecular weight is 275 g/mol. The lowest BCUT2D eigenvalue weighted by Gasteiger charge is -2.11. The zero-order valence-electron chi connectivity index (χ0n) is 11.9. The van der Waals surface area contributed by atoms with Crippen LogP contribution in [0.5, 0.6) is 0 Å². The lowest BCUT2D eigenvalue weighted by molar-refractivity contribution is -0.116. The molecule has 0 radical (unpaired) electrons. The van der Waals surface area contributed by atoms with Crippen molar-refractivity contribution in [3.63, 3.8) is 0 Å². The zero-order valence-corrected chi connectivity index (χ0v) is 11.9. The van der Waals surface area contributed by atoms with Crippen molar-refractivity contribution in [3.05, 3.63) is 29.8 Å². The Morgan fingerprint density at radius 1 is 1.25 bits per heavy atom. The summed E-state index contributed by atoms with van der Waals surface area (Å²) >= 11 is 0. The van der Waals surface area contributed by atoms with Crippen molar-refractivity contribution >= 4 is 17.6 Å². The van der Waals surface area contributed by atoms with Gasteiger partial charge in [0, 0.05) is 6.42 Å². The maximum atomic E-state index is 12.0. The van der Waals surface area contributed by atoms with Gasteiger partial charge in [0.15, 0.2) is 0 Å². The van der Waals surface area contributed by atoms with Crippen molar-refractivity contribution in [2.75, 3.05) is 12.4 Å². The van der Waals surface area contributed by atoms with Crippen molar-refractivity contribution in [3.8, 4) is 0 Å². The molecule has 2 rings (SSSR count). The summed E-state index contributed by atoms with van der Waals surface area (Å²) in [6.45, 7) is 0. The van der Waals surface area contributed by atoms with Crippen LogP contribution in [-0.4, -0.2) is 19.0 Å². The van der Waals surface area contributed by atoms with E-state index < -0.39 is 5.97 Å². The number of methoxy groups -OCH3 is 1. The zero-order chi connectivity index (χ0) is 14.4. The Balaban J connectivity index is 1.91. The standard InChI is InChI=1S/C16H21NO3/c1-20-16(19)13-8-4-5-9-14(13)17-15(18)11-10-12-6-2-3-7-12/h4-5,8-9,12H,2-3,6-7,10-11H2,1H3,(H,17,18). The van der Waals surface area contributed by atoms with E-state index in [9.17, 15) is 9.59 Å². The van der Waals surface area contributed by atoms with Gasteiger partial charge in [0.1, 0.15) is 0 Å². The smallest absolute Gasteiger partial charge is 0.339 e. The fourth-order valence-corrected chi connectivity index (χ4v) is 2.73. The normalized spacial score (nSPS) is 15.1. The quantitative estimate of drug-likeness (QED) is 0.838. The minimum absolute atomic E-state index is 0.0340. The third-order valence-electron chi connectivity index (χ3n) is 3.86. The second-order valence-corrected chi connectivity index (χ2v) is 5.27. The summed E-state index contributed by atoms with van der Waals surface area (Å²) in [4.78, 5) is 23.6. The summed E-state index contributed by atoms with van der Waals surface area (Å²) in [7, 11) is 1.33. The topological polar surface area (TPSA) is 55.4 Å². The molecule has 0 aromatic heterocycles. The van der Waals surface area contributed by atoms with Crippen LogP contribution >= 0.6 is 0 Å². The van der Waals surface area contributed by atoms with E-state index in [-0.39, 0.29) is 5.91 Å². The molecule has 0 atom stereocenters. The maximum Gasteiger partial charge on any atom is 0.339 e. The highest BCUT2D eigenvalue weighted by Crippen LogP contribution is 2.28. The summed E-state index contributed by atoms with van der Waals surface area (Å²) in [6, 6.07) is 6.91. The number of rotatable bonds is 5. The first-order valence-corrected chi connectivity index (χ1v) is 7.18. The van der Waals surface area contributed by atoms with Gasteiger partial charge in [-0.1, -0.05) is 37.8 Å². The van der Waals surface area contributed by atoms with Gasteiger partial charge in [-0.25, -0.2) is 4.79 Å². The molecule has 1 aliphatic carbocycles. The summed E-state index contributed by atoms with van der Waals surface area (Å²) < 4.78 is 4.71. The Kier molecular flexibility index (Phi) is 5.16. The second-order valence-electron chi connectivity index (χ2n) is 5.27. The van der Waals surface area contributed by atoms with E-state index in [4.69, 9.17) is 4.74 Å². The first-order valence-electron chi connectivity index (χ1n) is 7.18. The highest BCUT2D eigenvalue weighted by Gasteiger charge is 2.17. The lowest BCUT2D eigenvalue weighted by atomic mass is 10.0. The monoisotopic (exact) mass is 275 g/mol. The SMILES string of the molecule is COC(=O)c1ccccc1NC(=O)CCC1CCCC1. The third kappa shape index (κ3) is 3.83. The maximum absolute atomic E-state index is 12.0. The molecule has 4 nitrogen and oxygen atoms in total. The molecule has 0 saturated heterocycles. The van der Waals surface area contributed by atoms with Gasteiger partial charge >= 0.3 is 5.97 Å². The number of carbonyl (C=O) groups is 2. The predicted molar refractivity (Wildman–Crippen MR) is 77.6 cm³/mol. The van der Waals surface area contributed by atoms with Crippen LogP contribution in [0.25, 0.3) is 0 Å². The number of para-hydroxylation sites is 1. The Hall–Kier alpha value is -1.84. The predicted octanol–water partition coefficient (Wildman–Crippen LogP) is 3.38. The van der Waals surface area contributed by atoms with E-state index in [0.717, 1.165) is 6.42 Å². The number of esters is 1. The van der Waals surface area contributed by atoms with Gasteiger partial charge < -0.3 is 10.1 Å². The van der Waals surface area contributed by atoms with E-state index >= 15 is 0 Å². The molecule has 1 saturated carbocycles. The van der Waals surface area contributed by atoms with Crippen LogP contribution < -0.4 is 5.32 Å². The van der Waals surface area contributed by atoms with Crippen LogP contribution in [0.15, 0.2) is 24.3 Å². The molecule has 1 amide bonds. The molecule has 0 heterocycles. The van der Waals surface area contributed by atoms with Crippen molar-refractivity contribution < 1.29 is 14.3 Å². The fraction of sp³-hybridized carbons (Fsp3) is 0.500. The Bertz CT molecular complexity index is 478. The molecule has 20 heavy (non-hydrogen) atoms. The molecule has 1 aromatic carbocycles. The molecular weight excluding hydrogens is 254 g/mol. The second kappa shape index (κ2) is 7.08. The van der Waals surface area contributed by atoms with Crippen LogP contribution in [0.4, 0.5) is 5.69 Å². The first-order chi connectivity index (χ1) is 9.70. The van der Waals surface area contributed by atoms with E-state index in [1.54, 1.807) is 24.3 Å². The van der Waals surface area contributed by atoms with Crippen LogP contribution in [0, 0.1) is 5.92 Å². The molecule has 0 bridgehead atoms. The van der Waals surface area contributed by atoms with Gasteiger partial charge in [0.05, 0.1) is 18.4 Å². The summed E-state index contributed by atoms with van der Waals surface area (Å²) in [6.07, 6.45) is 6.51. The van der Waals surface area contributed by atoms with Crippen molar-refractivity contribution in [1.29, 1.82) is 0 Å². The van der Waals surface area contributed by atoms with Gasteiger partial charge in [0.25, 0.3) is 0 Å². The fourth-order valence-electron chi connectivity index (χ4n) is 2.73. The molecular formula is C16H21NO3.